The minimum Gasteiger partial charge on any atom is -0.388 e. The van der Waals surface area contributed by atoms with E-state index in [9.17, 15) is 5.11 Å². The Bertz CT molecular complexity index is 559. The maximum absolute atomic E-state index is 11.2. The van der Waals surface area contributed by atoms with Crippen molar-refractivity contribution in [2.45, 2.75) is 65.4 Å². The third-order valence-electron chi connectivity index (χ3n) is 6.83. The largest absolute Gasteiger partial charge is 0.388 e. The first-order chi connectivity index (χ1) is 9.89. The summed E-state index contributed by atoms with van der Waals surface area (Å²) in [5.74, 6) is 1.75. The van der Waals surface area contributed by atoms with E-state index >= 15 is 0 Å². The molecule has 4 fully saturated rings. The highest BCUT2D eigenvalue weighted by atomic mass is 16.3. The third kappa shape index (κ3) is 2.08. The molecule has 0 radical (unpaired) electrons. The average molecular weight is 284 g/mol. The van der Waals surface area contributed by atoms with Crippen molar-refractivity contribution < 1.29 is 5.11 Å². The number of benzene rings is 1. The number of aryl methyl sites for hydroxylation is 2. The highest BCUT2D eigenvalue weighted by molar-refractivity contribution is 5.32. The Balaban J connectivity index is 1.70. The van der Waals surface area contributed by atoms with Crippen LogP contribution in [-0.4, -0.2) is 5.11 Å². The van der Waals surface area contributed by atoms with Crippen molar-refractivity contribution >= 4 is 0 Å². The minimum absolute atomic E-state index is 0.167. The van der Waals surface area contributed by atoms with Gasteiger partial charge in [0, 0.05) is 5.41 Å². The molecule has 3 atom stereocenters. The van der Waals surface area contributed by atoms with Gasteiger partial charge in [-0.15, -0.1) is 0 Å². The molecule has 4 aliphatic carbocycles. The Labute approximate surface area is 128 Å². The molecule has 4 bridgehead atoms. The zero-order valence-electron chi connectivity index (χ0n) is 13.7. The van der Waals surface area contributed by atoms with E-state index in [4.69, 9.17) is 0 Å². The van der Waals surface area contributed by atoms with Crippen LogP contribution in [0, 0.1) is 36.5 Å². The van der Waals surface area contributed by atoms with Crippen LogP contribution in [0.3, 0.4) is 0 Å². The van der Waals surface area contributed by atoms with E-state index in [1.54, 1.807) is 0 Å². The minimum atomic E-state index is -0.262. The van der Waals surface area contributed by atoms with Gasteiger partial charge in [-0.1, -0.05) is 25.1 Å². The van der Waals surface area contributed by atoms with Gasteiger partial charge in [0.15, 0.2) is 0 Å². The van der Waals surface area contributed by atoms with Crippen LogP contribution < -0.4 is 0 Å². The van der Waals surface area contributed by atoms with Crippen molar-refractivity contribution in [2.24, 2.45) is 22.7 Å². The standard InChI is InChI=1S/C20H28O/c1-13-4-5-17(6-14(13)2)18(21)20-10-15-7-16(11-20)9-19(3,8-15)12-20/h4-6,15-16,18,21H,7-12H2,1-3H3. The van der Waals surface area contributed by atoms with Crippen LogP contribution in [0.1, 0.15) is 68.2 Å². The molecule has 1 nitrogen and oxygen atoms in total. The molecule has 0 aromatic heterocycles. The summed E-state index contributed by atoms with van der Waals surface area (Å²) >= 11 is 0. The molecular formula is C20H28O. The first kappa shape index (κ1) is 13.8. The molecule has 3 unspecified atom stereocenters. The van der Waals surface area contributed by atoms with Gasteiger partial charge in [0.1, 0.15) is 0 Å². The number of aliphatic hydroxyl groups is 1. The number of rotatable bonds is 2. The van der Waals surface area contributed by atoms with Gasteiger partial charge in [-0.2, -0.15) is 0 Å². The molecule has 1 heteroatoms. The fraction of sp³-hybridized carbons (Fsp3) is 0.700. The predicted molar refractivity (Wildman–Crippen MR) is 86.1 cm³/mol. The van der Waals surface area contributed by atoms with E-state index in [1.165, 1.54) is 49.7 Å². The quantitative estimate of drug-likeness (QED) is 0.815. The lowest BCUT2D eigenvalue weighted by atomic mass is 9.43. The Hall–Kier alpha value is -0.820. The molecule has 0 spiro atoms. The van der Waals surface area contributed by atoms with E-state index in [0.29, 0.717) is 5.41 Å². The SMILES string of the molecule is Cc1ccc(C(O)C23CC4CC(CC(C)(C4)C2)C3)cc1C. The smallest absolute Gasteiger partial charge is 0.0846 e. The van der Waals surface area contributed by atoms with E-state index in [1.807, 2.05) is 0 Å². The molecular weight excluding hydrogens is 256 g/mol. The lowest BCUT2D eigenvalue weighted by Gasteiger charge is -2.62. The van der Waals surface area contributed by atoms with Crippen molar-refractivity contribution in [1.29, 1.82) is 0 Å². The number of aliphatic hydroxyl groups excluding tert-OH is 1. The van der Waals surface area contributed by atoms with Gasteiger partial charge < -0.3 is 5.11 Å². The maximum Gasteiger partial charge on any atom is 0.0846 e. The van der Waals surface area contributed by atoms with Crippen molar-refractivity contribution in [1.82, 2.24) is 0 Å². The molecule has 4 saturated carbocycles. The second kappa shape index (κ2) is 4.35. The lowest BCUT2D eigenvalue weighted by Crippen LogP contribution is -2.53. The summed E-state index contributed by atoms with van der Waals surface area (Å²) in [7, 11) is 0. The Morgan fingerprint density at radius 1 is 1.05 bits per heavy atom. The van der Waals surface area contributed by atoms with Gasteiger partial charge in [-0.25, -0.2) is 0 Å². The van der Waals surface area contributed by atoms with Crippen LogP contribution in [0.25, 0.3) is 0 Å². The molecule has 0 amide bonds. The van der Waals surface area contributed by atoms with Crippen molar-refractivity contribution in [3.05, 3.63) is 34.9 Å². The normalized spacial score (nSPS) is 42.3. The van der Waals surface area contributed by atoms with Gasteiger partial charge in [-0.3, -0.25) is 0 Å². The van der Waals surface area contributed by atoms with Crippen molar-refractivity contribution in [2.75, 3.05) is 0 Å². The lowest BCUT2D eigenvalue weighted by molar-refractivity contribution is -0.155. The third-order valence-corrected chi connectivity index (χ3v) is 6.83. The van der Waals surface area contributed by atoms with Crippen LogP contribution in [0.5, 0.6) is 0 Å². The zero-order chi connectivity index (χ0) is 14.8. The van der Waals surface area contributed by atoms with Crippen LogP contribution in [0.2, 0.25) is 0 Å². The number of hydrogen-bond donors (Lipinski definition) is 1. The maximum atomic E-state index is 11.2. The van der Waals surface area contributed by atoms with Gasteiger partial charge in [-0.05, 0) is 86.3 Å². The molecule has 0 saturated heterocycles. The van der Waals surface area contributed by atoms with E-state index in [0.717, 1.165) is 17.4 Å². The van der Waals surface area contributed by atoms with Crippen LogP contribution in [0.15, 0.2) is 18.2 Å². The fourth-order valence-corrected chi connectivity index (χ4v) is 6.41. The molecule has 4 aliphatic rings. The Morgan fingerprint density at radius 2 is 1.71 bits per heavy atom. The summed E-state index contributed by atoms with van der Waals surface area (Å²) in [6, 6.07) is 6.56. The highest BCUT2D eigenvalue weighted by Crippen LogP contribution is 2.68. The summed E-state index contributed by atoms with van der Waals surface area (Å²) in [5, 5.41) is 11.2. The molecule has 0 aliphatic heterocycles. The first-order valence-electron chi connectivity index (χ1n) is 8.64. The summed E-state index contributed by atoms with van der Waals surface area (Å²) in [5.41, 5.74) is 4.46. The zero-order valence-corrected chi connectivity index (χ0v) is 13.7. The molecule has 0 heterocycles. The highest BCUT2D eigenvalue weighted by Gasteiger charge is 2.58. The van der Waals surface area contributed by atoms with E-state index < -0.39 is 0 Å². The second-order valence-corrected chi connectivity index (χ2v) is 8.88. The van der Waals surface area contributed by atoms with Crippen LogP contribution >= 0.6 is 0 Å². The molecule has 5 rings (SSSR count). The van der Waals surface area contributed by atoms with E-state index in [-0.39, 0.29) is 11.5 Å². The first-order valence-corrected chi connectivity index (χ1v) is 8.64. The summed E-state index contributed by atoms with van der Waals surface area (Å²) in [6.45, 7) is 6.79. The van der Waals surface area contributed by atoms with Crippen LogP contribution in [-0.2, 0) is 0 Å². The molecule has 114 valence electrons. The predicted octanol–water partition coefficient (Wildman–Crippen LogP) is 4.94. The Morgan fingerprint density at radius 3 is 2.29 bits per heavy atom. The molecule has 21 heavy (non-hydrogen) atoms. The molecule has 1 aromatic rings. The summed E-state index contributed by atoms with van der Waals surface area (Å²) < 4.78 is 0. The Kier molecular flexibility index (Phi) is 2.86. The van der Waals surface area contributed by atoms with Gasteiger partial charge in [0.05, 0.1) is 6.10 Å². The van der Waals surface area contributed by atoms with E-state index in [2.05, 4.69) is 39.0 Å². The van der Waals surface area contributed by atoms with Crippen LogP contribution in [0.4, 0.5) is 0 Å². The second-order valence-electron chi connectivity index (χ2n) is 8.88. The fourth-order valence-electron chi connectivity index (χ4n) is 6.41. The summed E-state index contributed by atoms with van der Waals surface area (Å²) in [6.07, 6.45) is 7.73. The van der Waals surface area contributed by atoms with Gasteiger partial charge in [0.2, 0.25) is 0 Å². The van der Waals surface area contributed by atoms with Crippen molar-refractivity contribution in [3.63, 3.8) is 0 Å². The van der Waals surface area contributed by atoms with Gasteiger partial charge in [0.25, 0.3) is 0 Å². The average Bonchev–Trinajstić information content (AvgIpc) is 2.38. The number of hydrogen-bond acceptors (Lipinski definition) is 1. The topological polar surface area (TPSA) is 20.2 Å². The molecule has 1 aromatic carbocycles. The monoisotopic (exact) mass is 284 g/mol. The van der Waals surface area contributed by atoms with Crippen molar-refractivity contribution in [3.8, 4) is 0 Å². The summed E-state index contributed by atoms with van der Waals surface area (Å²) in [4.78, 5) is 0. The molecule has 1 N–H and O–H groups in total. The van der Waals surface area contributed by atoms with Gasteiger partial charge >= 0.3 is 0 Å².